The summed E-state index contributed by atoms with van der Waals surface area (Å²) in [7, 11) is -1.16. The van der Waals surface area contributed by atoms with Gasteiger partial charge < -0.3 is 19.6 Å². The third kappa shape index (κ3) is 6.84. The summed E-state index contributed by atoms with van der Waals surface area (Å²) in [4.78, 5) is 9.09. The number of anilines is 1. The number of nitrogens with zero attached hydrogens (tertiary/aromatic N) is 4. The van der Waals surface area contributed by atoms with Crippen LogP contribution in [0.3, 0.4) is 0 Å². The Balaban J connectivity index is 1.42. The highest BCUT2D eigenvalue weighted by Gasteiger charge is 2.50. The van der Waals surface area contributed by atoms with Gasteiger partial charge >= 0.3 is 0 Å². The number of benzene rings is 3. The van der Waals surface area contributed by atoms with Gasteiger partial charge in [-0.15, -0.1) is 0 Å². The molecule has 10 heteroatoms. The average Bonchev–Trinajstić information content (AvgIpc) is 3.47. The molecular weight excluding hydrogens is 598 g/mol. The number of fused-ring (bicyclic) bond motifs is 1. The molecule has 5 rings (SSSR count). The zero-order chi connectivity index (χ0) is 32.7. The second-order valence-electron chi connectivity index (χ2n) is 12.6. The molecule has 2 aromatic heterocycles. The number of halogens is 1. The van der Waals surface area contributed by atoms with E-state index < -0.39 is 20.7 Å². The first-order chi connectivity index (χ1) is 22.2. The Labute approximate surface area is 271 Å². The van der Waals surface area contributed by atoms with E-state index in [1.807, 2.05) is 0 Å². The van der Waals surface area contributed by atoms with Gasteiger partial charge in [-0.1, -0.05) is 94.8 Å². The average molecular weight is 642 g/mol. The molecule has 8 nitrogen and oxygen atoms in total. The lowest BCUT2D eigenvalue weighted by Gasteiger charge is -2.43. The summed E-state index contributed by atoms with van der Waals surface area (Å²) < 4.78 is 28.8. The van der Waals surface area contributed by atoms with E-state index in [0.29, 0.717) is 29.3 Å². The van der Waals surface area contributed by atoms with Gasteiger partial charge in [0.1, 0.15) is 28.9 Å². The van der Waals surface area contributed by atoms with Crippen molar-refractivity contribution in [3.63, 3.8) is 0 Å². The zero-order valence-electron chi connectivity index (χ0n) is 27.3. The molecule has 46 heavy (non-hydrogen) atoms. The fraction of sp³-hybridized carbons (Fsp3) is 0.361. The van der Waals surface area contributed by atoms with E-state index in [2.05, 4.69) is 109 Å². The molecule has 242 valence electrons. The molecule has 0 aliphatic carbocycles. The maximum Gasteiger partial charge on any atom is 0.261 e. The van der Waals surface area contributed by atoms with E-state index in [4.69, 9.17) is 9.16 Å². The molecule has 2 N–H and O–H groups in total. The second kappa shape index (κ2) is 14.5. The third-order valence-corrected chi connectivity index (χ3v) is 13.6. The van der Waals surface area contributed by atoms with Gasteiger partial charge in [0, 0.05) is 29.8 Å². The van der Waals surface area contributed by atoms with Crippen LogP contribution in [0.4, 0.5) is 10.2 Å². The first kappa shape index (κ1) is 33.2. The molecule has 0 bridgehead atoms. The van der Waals surface area contributed by atoms with Crippen LogP contribution in [0, 0.1) is 5.82 Å². The zero-order valence-corrected chi connectivity index (χ0v) is 28.3. The molecule has 3 aromatic carbocycles. The van der Waals surface area contributed by atoms with Crippen LogP contribution < -0.4 is 20.4 Å². The number of aliphatic hydroxyl groups excluding tert-OH is 1. The molecular formula is C36H44FN5O3Si. The standard InChI is InChI=1S/C36H44FN5O3Si/c1-6-13-28(18-19-45-46(36(2,3)4,29-14-9-7-10-15-29)30-16-11-8-12-17-30)41-35-34-32(38-25-39-35)22-40-42(34)23-26-20-27(24-43)31(37)21-33(26)44-5/h7-12,14-17,20-22,25,28,43H,6,13,18-19,23-24H2,1-5H3,(H,38,39,41)/t28-/m0/s1. The second-order valence-corrected chi connectivity index (χ2v) is 16.9. The van der Waals surface area contributed by atoms with Crippen molar-refractivity contribution < 1.29 is 18.7 Å². The predicted octanol–water partition coefficient (Wildman–Crippen LogP) is 6.06. The van der Waals surface area contributed by atoms with Crippen molar-refractivity contribution in [3.05, 3.63) is 102 Å². The van der Waals surface area contributed by atoms with Gasteiger partial charge in [-0.3, -0.25) is 4.68 Å². The van der Waals surface area contributed by atoms with Gasteiger partial charge in [0.15, 0.2) is 5.82 Å². The summed E-state index contributed by atoms with van der Waals surface area (Å²) >= 11 is 0. The Morgan fingerprint density at radius 1 is 0.957 bits per heavy atom. The molecule has 5 aromatic rings. The van der Waals surface area contributed by atoms with E-state index in [-0.39, 0.29) is 23.2 Å². The van der Waals surface area contributed by atoms with Crippen LogP contribution in [-0.2, 0) is 17.6 Å². The van der Waals surface area contributed by atoms with Crippen LogP contribution in [0.5, 0.6) is 5.75 Å². The van der Waals surface area contributed by atoms with Crippen LogP contribution in [0.15, 0.2) is 85.3 Å². The first-order valence-electron chi connectivity index (χ1n) is 15.9. The number of nitrogens with one attached hydrogen (secondary N) is 1. The van der Waals surface area contributed by atoms with Crippen molar-refractivity contribution in [2.45, 2.75) is 71.2 Å². The van der Waals surface area contributed by atoms with Gasteiger partial charge in [0.25, 0.3) is 8.32 Å². The van der Waals surface area contributed by atoms with Crippen molar-refractivity contribution in [2.24, 2.45) is 0 Å². The molecule has 2 heterocycles. The van der Waals surface area contributed by atoms with Gasteiger partial charge in [-0.25, -0.2) is 14.4 Å². The SMILES string of the molecule is CCC[C@@H](CCO[Si](c1ccccc1)(c1ccccc1)C(C)(C)C)Nc1ncnc2cnn(Cc3cc(CO)c(F)cc3OC)c12. The van der Waals surface area contributed by atoms with Crippen molar-refractivity contribution in [3.8, 4) is 5.75 Å². The monoisotopic (exact) mass is 641 g/mol. The lowest BCUT2D eigenvalue weighted by atomic mass is 10.1. The molecule has 0 saturated heterocycles. The molecule has 0 aliphatic rings. The molecule has 0 radical (unpaired) electrons. The number of hydrogen-bond acceptors (Lipinski definition) is 7. The maximum absolute atomic E-state index is 14.4. The Bertz CT molecular complexity index is 1690. The summed E-state index contributed by atoms with van der Waals surface area (Å²) in [5.41, 5.74) is 2.33. The molecule has 1 atom stereocenters. The molecule has 0 spiro atoms. The van der Waals surface area contributed by atoms with Crippen molar-refractivity contribution >= 4 is 35.5 Å². The van der Waals surface area contributed by atoms with Gasteiger partial charge in [0.2, 0.25) is 0 Å². The maximum atomic E-state index is 14.4. The normalized spacial score (nSPS) is 12.8. The predicted molar refractivity (Wildman–Crippen MR) is 184 cm³/mol. The van der Waals surface area contributed by atoms with Crippen LogP contribution in [0.2, 0.25) is 5.04 Å². The molecule has 0 amide bonds. The number of methoxy groups -OCH3 is 1. The highest BCUT2D eigenvalue weighted by Crippen LogP contribution is 2.37. The van der Waals surface area contributed by atoms with E-state index in [9.17, 15) is 9.50 Å². The van der Waals surface area contributed by atoms with Gasteiger partial charge in [-0.05, 0) is 34.3 Å². The smallest absolute Gasteiger partial charge is 0.261 e. The summed E-state index contributed by atoms with van der Waals surface area (Å²) in [5, 5.41) is 20.3. The highest BCUT2D eigenvalue weighted by atomic mass is 28.4. The summed E-state index contributed by atoms with van der Waals surface area (Å²) in [6.45, 7) is 9.51. The number of ether oxygens (including phenoxy) is 1. The minimum absolute atomic E-state index is 0.0889. The first-order valence-corrected chi connectivity index (χ1v) is 17.8. The molecule has 0 unspecified atom stereocenters. The van der Waals surface area contributed by atoms with E-state index >= 15 is 0 Å². The van der Waals surface area contributed by atoms with Crippen LogP contribution in [-0.4, -0.2) is 52.9 Å². The van der Waals surface area contributed by atoms with Crippen molar-refractivity contribution in [1.82, 2.24) is 19.7 Å². The van der Waals surface area contributed by atoms with Gasteiger partial charge in [0.05, 0.1) is 26.5 Å². The fourth-order valence-corrected chi connectivity index (χ4v) is 10.9. The number of aliphatic hydroxyl groups is 1. The number of rotatable bonds is 14. The van der Waals surface area contributed by atoms with Gasteiger partial charge in [-0.2, -0.15) is 5.10 Å². The lowest BCUT2D eigenvalue weighted by molar-refractivity contribution is 0.275. The Morgan fingerprint density at radius 2 is 1.63 bits per heavy atom. The third-order valence-electron chi connectivity index (χ3n) is 8.55. The minimum Gasteiger partial charge on any atom is -0.496 e. The largest absolute Gasteiger partial charge is 0.496 e. The topological polar surface area (TPSA) is 94.3 Å². The molecule has 0 saturated carbocycles. The quantitative estimate of drug-likeness (QED) is 0.142. The number of aromatic nitrogens is 4. The fourth-order valence-electron chi connectivity index (χ4n) is 6.34. The summed E-state index contributed by atoms with van der Waals surface area (Å²) in [5.74, 6) is 0.547. The van der Waals surface area contributed by atoms with Crippen LogP contribution in [0.25, 0.3) is 11.0 Å². The number of hydrogen-bond donors (Lipinski definition) is 2. The Kier molecular flexibility index (Phi) is 10.5. The van der Waals surface area contributed by atoms with Crippen molar-refractivity contribution in [2.75, 3.05) is 19.0 Å². The van der Waals surface area contributed by atoms with E-state index in [1.165, 1.54) is 23.5 Å². The minimum atomic E-state index is -2.66. The lowest BCUT2D eigenvalue weighted by Crippen LogP contribution is -2.66. The summed E-state index contributed by atoms with van der Waals surface area (Å²) in [6, 6.07) is 24.4. The van der Waals surface area contributed by atoms with E-state index in [0.717, 1.165) is 24.8 Å². The molecule has 0 aliphatic heterocycles. The highest BCUT2D eigenvalue weighted by molar-refractivity contribution is 6.99. The van der Waals surface area contributed by atoms with Crippen molar-refractivity contribution in [1.29, 1.82) is 0 Å². The Morgan fingerprint density at radius 3 is 2.22 bits per heavy atom. The van der Waals surface area contributed by atoms with Crippen LogP contribution >= 0.6 is 0 Å². The van der Waals surface area contributed by atoms with Crippen LogP contribution in [0.1, 0.15) is 58.1 Å². The molecule has 0 fully saturated rings. The Hall–Kier alpha value is -4.12. The summed E-state index contributed by atoms with van der Waals surface area (Å²) in [6.07, 6.45) is 5.94. The van der Waals surface area contributed by atoms with E-state index in [1.54, 1.807) is 23.3 Å².